The van der Waals surface area contributed by atoms with Crippen molar-refractivity contribution in [1.29, 1.82) is 0 Å². The molecule has 354 valence electrons. The molecular weight excluding hydrogens is 861 g/mol. The van der Waals surface area contributed by atoms with Crippen LogP contribution >= 0.6 is 0 Å². The molecule has 0 spiro atoms. The summed E-state index contributed by atoms with van der Waals surface area (Å²) in [5.41, 5.74) is 7.70. The standard InChI is InChI=1S/C49H58N8O10/c1-31(55-19-23-65-24-20-55)30-56-40-13-10-35(45-32(2)54-67-33(45)3)29-39(40)52-42(56)15-9-34-7-11-36(12-8-34)51-44(59)17-21-63-25-27-66-28-26-64-22-18-50-38-6-4-5-37-46(38)49(62)57(48(37)61)41-14-16-43(58)53-47(41)60/h4-8,10-13,29,31,41,50H,9,14-28,30H2,1-3H3,(H,51,59)(H,53,58,60). The van der Waals surface area contributed by atoms with Gasteiger partial charge in [0.15, 0.2) is 0 Å². The van der Waals surface area contributed by atoms with Crippen LogP contribution in [-0.2, 0) is 52.7 Å². The van der Waals surface area contributed by atoms with Crippen LogP contribution in [0.2, 0.25) is 0 Å². The lowest BCUT2D eigenvalue weighted by Crippen LogP contribution is -2.54. The van der Waals surface area contributed by atoms with Gasteiger partial charge in [0, 0.05) is 62.0 Å². The number of piperidine rings is 1. The number of imide groups is 2. The second kappa shape index (κ2) is 22.0. The number of benzene rings is 3. The fraction of sp³-hybridized carbons (Fsp3) is 0.449. The number of hydrogen-bond donors (Lipinski definition) is 3. The Labute approximate surface area is 388 Å². The molecule has 0 aliphatic carbocycles. The minimum atomic E-state index is -1.03. The van der Waals surface area contributed by atoms with Crippen molar-refractivity contribution in [2.45, 2.75) is 71.5 Å². The number of fused-ring (bicyclic) bond motifs is 2. The van der Waals surface area contributed by atoms with Crippen molar-refractivity contribution in [1.82, 2.24) is 29.8 Å². The Morgan fingerprint density at radius 3 is 2.36 bits per heavy atom. The zero-order valence-electron chi connectivity index (χ0n) is 38.3. The molecule has 3 N–H and O–H groups in total. The number of nitrogens with one attached hydrogen (secondary N) is 3. The number of hydrogen-bond acceptors (Lipinski definition) is 14. The second-order valence-corrected chi connectivity index (χ2v) is 17.0. The van der Waals surface area contributed by atoms with Crippen LogP contribution in [0.1, 0.15) is 69.7 Å². The number of anilines is 2. The molecule has 67 heavy (non-hydrogen) atoms. The number of nitrogens with zero attached hydrogens (tertiary/aromatic N) is 5. The summed E-state index contributed by atoms with van der Waals surface area (Å²) in [6.07, 6.45) is 1.90. The normalized spacial score (nSPS) is 17.0. The summed E-state index contributed by atoms with van der Waals surface area (Å²) in [6, 6.07) is 18.6. The van der Waals surface area contributed by atoms with Gasteiger partial charge in [0.2, 0.25) is 17.7 Å². The highest BCUT2D eigenvalue weighted by Gasteiger charge is 2.45. The Hall–Kier alpha value is -6.31. The largest absolute Gasteiger partial charge is 0.382 e. The van der Waals surface area contributed by atoms with E-state index in [-0.39, 0.29) is 42.9 Å². The quantitative estimate of drug-likeness (QED) is 0.0635. The van der Waals surface area contributed by atoms with Crippen LogP contribution in [0.25, 0.3) is 22.2 Å². The van der Waals surface area contributed by atoms with Crippen LogP contribution in [0.3, 0.4) is 0 Å². The second-order valence-electron chi connectivity index (χ2n) is 17.0. The summed E-state index contributed by atoms with van der Waals surface area (Å²) in [6.45, 7) is 12.6. The monoisotopic (exact) mass is 918 g/mol. The summed E-state index contributed by atoms with van der Waals surface area (Å²) >= 11 is 0. The molecule has 3 aromatic carbocycles. The van der Waals surface area contributed by atoms with Gasteiger partial charge in [0.1, 0.15) is 17.6 Å². The smallest absolute Gasteiger partial charge is 0.264 e. The molecule has 2 saturated heterocycles. The average molecular weight is 919 g/mol. The maximum atomic E-state index is 13.3. The number of aromatic nitrogens is 3. The third kappa shape index (κ3) is 11.3. The van der Waals surface area contributed by atoms with E-state index in [2.05, 4.69) is 55.7 Å². The number of aryl methyl sites for hydroxylation is 4. The first-order chi connectivity index (χ1) is 32.5. The number of morpholine rings is 1. The average Bonchev–Trinajstić information content (AvgIpc) is 3.94. The lowest BCUT2D eigenvalue weighted by atomic mass is 10.0. The van der Waals surface area contributed by atoms with Crippen molar-refractivity contribution in [3.63, 3.8) is 0 Å². The van der Waals surface area contributed by atoms with Crippen molar-refractivity contribution >= 4 is 51.9 Å². The molecule has 18 nitrogen and oxygen atoms in total. The van der Waals surface area contributed by atoms with Gasteiger partial charge in [-0.1, -0.05) is 29.4 Å². The Balaban J connectivity index is 0.714. The molecule has 2 fully saturated rings. The molecule has 3 aliphatic rings. The number of ether oxygens (including phenoxy) is 4. The van der Waals surface area contributed by atoms with E-state index in [0.29, 0.717) is 51.3 Å². The molecular formula is C49H58N8O10. The van der Waals surface area contributed by atoms with Crippen LogP contribution in [0.5, 0.6) is 0 Å². The van der Waals surface area contributed by atoms with Crippen LogP contribution < -0.4 is 16.0 Å². The summed E-state index contributed by atoms with van der Waals surface area (Å²) in [7, 11) is 0. The Morgan fingerprint density at radius 2 is 1.63 bits per heavy atom. The zero-order chi connectivity index (χ0) is 46.9. The van der Waals surface area contributed by atoms with Gasteiger partial charge in [-0.25, -0.2) is 4.98 Å². The van der Waals surface area contributed by atoms with Gasteiger partial charge in [0.25, 0.3) is 11.8 Å². The molecule has 2 atom stereocenters. The zero-order valence-corrected chi connectivity index (χ0v) is 38.3. The molecule has 0 saturated carbocycles. The number of rotatable bonds is 22. The van der Waals surface area contributed by atoms with E-state index in [0.717, 1.165) is 101 Å². The van der Waals surface area contributed by atoms with E-state index in [1.807, 2.05) is 38.1 Å². The van der Waals surface area contributed by atoms with Gasteiger partial charge in [-0.05, 0) is 81.1 Å². The molecule has 3 aliphatic heterocycles. The fourth-order valence-electron chi connectivity index (χ4n) is 8.88. The molecule has 5 amide bonds. The van der Waals surface area contributed by atoms with E-state index in [9.17, 15) is 24.0 Å². The summed E-state index contributed by atoms with van der Waals surface area (Å²) in [5.74, 6) is -0.524. The van der Waals surface area contributed by atoms with Gasteiger partial charge in [-0.15, -0.1) is 0 Å². The fourth-order valence-corrected chi connectivity index (χ4v) is 8.88. The van der Waals surface area contributed by atoms with Gasteiger partial charge in [-0.2, -0.15) is 0 Å². The molecule has 5 aromatic rings. The maximum Gasteiger partial charge on any atom is 0.264 e. The summed E-state index contributed by atoms with van der Waals surface area (Å²) in [4.78, 5) is 71.5. The molecule has 0 radical (unpaired) electrons. The number of carbonyl (C=O) groups excluding carboxylic acids is 5. The lowest BCUT2D eigenvalue weighted by Gasteiger charge is -2.32. The highest BCUT2D eigenvalue weighted by Crippen LogP contribution is 2.33. The minimum absolute atomic E-state index is 0.0557. The molecule has 18 heteroatoms. The first-order valence-corrected chi connectivity index (χ1v) is 23.0. The Morgan fingerprint density at radius 1 is 0.881 bits per heavy atom. The lowest BCUT2D eigenvalue weighted by molar-refractivity contribution is -0.136. The van der Waals surface area contributed by atoms with Crippen molar-refractivity contribution in [3.05, 3.63) is 94.6 Å². The van der Waals surface area contributed by atoms with E-state index in [1.165, 1.54) is 0 Å². The first kappa shape index (κ1) is 47.2. The highest BCUT2D eigenvalue weighted by molar-refractivity contribution is 6.25. The van der Waals surface area contributed by atoms with E-state index in [1.54, 1.807) is 18.2 Å². The summed E-state index contributed by atoms with van der Waals surface area (Å²) < 4.78 is 30.3. The van der Waals surface area contributed by atoms with E-state index in [4.69, 9.17) is 28.5 Å². The van der Waals surface area contributed by atoms with Crippen LogP contribution in [-0.4, -0.2) is 139 Å². The Bertz CT molecular complexity index is 2560. The van der Waals surface area contributed by atoms with Gasteiger partial charge < -0.3 is 38.7 Å². The molecule has 8 rings (SSSR count). The number of amides is 5. The number of imidazole rings is 1. The van der Waals surface area contributed by atoms with Gasteiger partial charge in [-0.3, -0.25) is 39.1 Å². The third-order valence-corrected chi connectivity index (χ3v) is 12.4. The van der Waals surface area contributed by atoms with Crippen LogP contribution in [0, 0.1) is 13.8 Å². The topological polar surface area (TPSA) is 209 Å². The van der Waals surface area contributed by atoms with Gasteiger partial charge >= 0.3 is 0 Å². The van der Waals surface area contributed by atoms with Crippen molar-refractivity contribution in [2.75, 3.05) is 83.1 Å². The number of carbonyl (C=O) groups is 5. The van der Waals surface area contributed by atoms with Crippen molar-refractivity contribution < 1.29 is 47.4 Å². The SMILES string of the molecule is Cc1noc(C)c1-c1ccc2c(c1)nc(CCc1ccc(NC(=O)CCOCCOCCOCCNc3cccc4c3C(=O)N(C3CCC(=O)NC3=O)C4=O)cc1)n2CC(C)N1CCOCC1. The third-order valence-electron chi connectivity index (χ3n) is 12.4. The van der Waals surface area contributed by atoms with Crippen LogP contribution in [0.15, 0.2) is 65.2 Å². The predicted molar refractivity (Wildman–Crippen MR) is 248 cm³/mol. The van der Waals surface area contributed by atoms with Crippen molar-refractivity contribution in [3.8, 4) is 11.1 Å². The van der Waals surface area contributed by atoms with Gasteiger partial charge in [0.05, 0.1) is 87.1 Å². The minimum Gasteiger partial charge on any atom is -0.382 e. The summed E-state index contributed by atoms with van der Waals surface area (Å²) in [5, 5.41) is 12.5. The molecule has 5 heterocycles. The molecule has 2 unspecified atom stereocenters. The predicted octanol–water partition coefficient (Wildman–Crippen LogP) is 4.71. The van der Waals surface area contributed by atoms with Crippen molar-refractivity contribution in [2.24, 2.45) is 0 Å². The van der Waals surface area contributed by atoms with Crippen LogP contribution in [0.4, 0.5) is 11.4 Å². The molecule has 2 aromatic heterocycles. The molecule has 0 bridgehead atoms. The van der Waals surface area contributed by atoms with E-state index >= 15 is 0 Å². The Kier molecular flexibility index (Phi) is 15.5. The highest BCUT2D eigenvalue weighted by atomic mass is 16.5. The van der Waals surface area contributed by atoms with E-state index < -0.39 is 29.7 Å². The first-order valence-electron chi connectivity index (χ1n) is 23.0. The maximum absolute atomic E-state index is 13.3.